The van der Waals surface area contributed by atoms with Crippen LogP contribution in [0.15, 0.2) is 0 Å². The highest BCUT2D eigenvalue weighted by atomic mass is 16.2. The molecule has 1 aliphatic carbocycles. The molecule has 0 aromatic rings. The van der Waals surface area contributed by atoms with Crippen molar-refractivity contribution in [2.45, 2.75) is 51.5 Å². The van der Waals surface area contributed by atoms with Crippen molar-refractivity contribution < 1.29 is 9.90 Å². The Kier molecular flexibility index (Phi) is 3.93. The number of aliphatic hydroxyl groups is 1. The molecule has 0 aliphatic heterocycles. The molecule has 3 nitrogen and oxygen atoms in total. The summed E-state index contributed by atoms with van der Waals surface area (Å²) in [7, 11) is 0. The molecule has 3 heteroatoms. The van der Waals surface area contributed by atoms with E-state index in [9.17, 15) is 4.79 Å². The normalized spacial score (nSPS) is 16.8. The van der Waals surface area contributed by atoms with Crippen LogP contribution < -0.4 is 5.32 Å². The lowest BCUT2D eigenvalue weighted by atomic mass is 9.98. The van der Waals surface area contributed by atoms with E-state index in [0.717, 1.165) is 12.8 Å². The van der Waals surface area contributed by atoms with Gasteiger partial charge in [0.1, 0.15) is 0 Å². The summed E-state index contributed by atoms with van der Waals surface area (Å²) in [6.45, 7) is 4.36. The predicted molar refractivity (Wildman–Crippen MR) is 55.9 cm³/mol. The summed E-state index contributed by atoms with van der Waals surface area (Å²) in [5, 5.41) is 11.6. The molecule has 0 heterocycles. The Hall–Kier alpha value is -0.570. The highest BCUT2D eigenvalue weighted by molar-refractivity contribution is 5.76. The fourth-order valence-corrected chi connectivity index (χ4v) is 1.73. The third-order valence-electron chi connectivity index (χ3n) is 2.87. The first-order chi connectivity index (χ1) is 6.56. The summed E-state index contributed by atoms with van der Waals surface area (Å²) in [5.41, 5.74) is -0.0315. The Balaban J connectivity index is 2.18. The number of nitrogens with one attached hydrogen (secondary N) is 1. The number of carbonyl (C=O) groups is 1. The number of hydrogen-bond acceptors (Lipinski definition) is 2. The molecule has 0 aromatic carbocycles. The standard InChI is InChI=1S/C11H21NO2/c1-11(2,9-6-7-9)12-10(14)5-3-4-8-13/h9,13H,3-8H2,1-2H3,(H,12,14). The van der Waals surface area contributed by atoms with Crippen LogP contribution in [0.4, 0.5) is 0 Å². The largest absolute Gasteiger partial charge is 0.396 e. The zero-order valence-electron chi connectivity index (χ0n) is 9.18. The van der Waals surface area contributed by atoms with Crippen molar-refractivity contribution in [2.75, 3.05) is 6.61 Å². The highest BCUT2D eigenvalue weighted by Crippen LogP contribution is 2.39. The number of unbranched alkanes of at least 4 members (excludes halogenated alkanes) is 1. The summed E-state index contributed by atoms with van der Waals surface area (Å²) >= 11 is 0. The minimum absolute atomic E-state index is 0.0315. The van der Waals surface area contributed by atoms with Gasteiger partial charge in [0.15, 0.2) is 0 Å². The molecule has 0 spiro atoms. The van der Waals surface area contributed by atoms with Crippen LogP contribution in [0.5, 0.6) is 0 Å². The maximum atomic E-state index is 11.5. The summed E-state index contributed by atoms with van der Waals surface area (Å²) in [6.07, 6.45) is 4.52. The van der Waals surface area contributed by atoms with Gasteiger partial charge in [-0.05, 0) is 45.4 Å². The van der Waals surface area contributed by atoms with Crippen molar-refractivity contribution in [3.8, 4) is 0 Å². The fourth-order valence-electron chi connectivity index (χ4n) is 1.73. The molecule has 0 bridgehead atoms. The monoisotopic (exact) mass is 199 g/mol. The fraction of sp³-hybridized carbons (Fsp3) is 0.909. The van der Waals surface area contributed by atoms with Gasteiger partial charge < -0.3 is 10.4 Å². The Morgan fingerprint density at radius 1 is 1.43 bits per heavy atom. The van der Waals surface area contributed by atoms with Gasteiger partial charge in [0, 0.05) is 18.6 Å². The van der Waals surface area contributed by atoms with E-state index < -0.39 is 0 Å². The van der Waals surface area contributed by atoms with Crippen LogP contribution in [0.25, 0.3) is 0 Å². The zero-order valence-corrected chi connectivity index (χ0v) is 9.18. The van der Waals surface area contributed by atoms with Gasteiger partial charge in [0.05, 0.1) is 0 Å². The van der Waals surface area contributed by atoms with Crippen LogP contribution in [-0.2, 0) is 4.79 Å². The summed E-state index contributed by atoms with van der Waals surface area (Å²) in [6, 6.07) is 0. The van der Waals surface area contributed by atoms with E-state index >= 15 is 0 Å². The third-order valence-corrected chi connectivity index (χ3v) is 2.87. The first kappa shape index (κ1) is 11.5. The average molecular weight is 199 g/mol. The topological polar surface area (TPSA) is 49.3 Å². The second-order valence-corrected chi connectivity index (χ2v) is 4.72. The Morgan fingerprint density at radius 3 is 2.57 bits per heavy atom. The van der Waals surface area contributed by atoms with E-state index in [1.54, 1.807) is 0 Å². The molecular formula is C11H21NO2. The Bertz CT molecular complexity index is 197. The van der Waals surface area contributed by atoms with Crippen LogP contribution in [-0.4, -0.2) is 23.2 Å². The number of amides is 1. The molecule has 0 radical (unpaired) electrons. The van der Waals surface area contributed by atoms with Gasteiger partial charge in [0.25, 0.3) is 0 Å². The predicted octanol–water partition coefficient (Wildman–Crippen LogP) is 1.45. The molecule has 0 unspecified atom stereocenters. The number of carbonyl (C=O) groups excluding carboxylic acids is 1. The van der Waals surface area contributed by atoms with E-state index in [1.165, 1.54) is 12.8 Å². The summed E-state index contributed by atoms with van der Waals surface area (Å²) in [5.74, 6) is 0.791. The lowest BCUT2D eigenvalue weighted by Crippen LogP contribution is -2.45. The maximum Gasteiger partial charge on any atom is 0.220 e. The van der Waals surface area contributed by atoms with Crippen molar-refractivity contribution in [1.82, 2.24) is 5.32 Å². The molecule has 82 valence electrons. The minimum atomic E-state index is -0.0315. The van der Waals surface area contributed by atoms with Crippen molar-refractivity contribution in [3.63, 3.8) is 0 Å². The van der Waals surface area contributed by atoms with Gasteiger partial charge in [-0.15, -0.1) is 0 Å². The van der Waals surface area contributed by atoms with Crippen molar-refractivity contribution >= 4 is 5.91 Å². The van der Waals surface area contributed by atoms with Crippen LogP contribution in [0.1, 0.15) is 46.0 Å². The number of aliphatic hydroxyl groups excluding tert-OH is 1. The van der Waals surface area contributed by atoms with E-state index in [4.69, 9.17) is 5.11 Å². The highest BCUT2D eigenvalue weighted by Gasteiger charge is 2.38. The lowest BCUT2D eigenvalue weighted by Gasteiger charge is -2.26. The zero-order chi connectivity index (χ0) is 10.6. The summed E-state index contributed by atoms with van der Waals surface area (Å²) < 4.78 is 0. The van der Waals surface area contributed by atoms with Gasteiger partial charge in [-0.25, -0.2) is 0 Å². The second kappa shape index (κ2) is 4.78. The lowest BCUT2D eigenvalue weighted by molar-refractivity contribution is -0.123. The first-order valence-electron chi connectivity index (χ1n) is 5.48. The van der Waals surface area contributed by atoms with E-state index in [-0.39, 0.29) is 18.1 Å². The minimum Gasteiger partial charge on any atom is -0.396 e. The van der Waals surface area contributed by atoms with Crippen molar-refractivity contribution in [3.05, 3.63) is 0 Å². The molecule has 0 saturated heterocycles. The quantitative estimate of drug-likeness (QED) is 0.636. The van der Waals surface area contributed by atoms with Crippen LogP contribution >= 0.6 is 0 Å². The molecule has 1 saturated carbocycles. The van der Waals surface area contributed by atoms with Crippen LogP contribution in [0.3, 0.4) is 0 Å². The van der Waals surface area contributed by atoms with E-state index in [2.05, 4.69) is 19.2 Å². The smallest absolute Gasteiger partial charge is 0.220 e. The van der Waals surface area contributed by atoms with Gasteiger partial charge in [-0.3, -0.25) is 4.79 Å². The number of hydrogen-bond donors (Lipinski definition) is 2. The molecule has 1 aliphatic rings. The van der Waals surface area contributed by atoms with Gasteiger partial charge >= 0.3 is 0 Å². The third kappa shape index (κ3) is 3.66. The molecule has 0 aromatic heterocycles. The second-order valence-electron chi connectivity index (χ2n) is 4.72. The maximum absolute atomic E-state index is 11.5. The van der Waals surface area contributed by atoms with Gasteiger partial charge in [0.2, 0.25) is 5.91 Å². The van der Waals surface area contributed by atoms with Crippen LogP contribution in [0.2, 0.25) is 0 Å². The first-order valence-corrected chi connectivity index (χ1v) is 5.48. The van der Waals surface area contributed by atoms with Crippen molar-refractivity contribution in [2.24, 2.45) is 5.92 Å². The molecule has 1 amide bonds. The molecule has 1 fully saturated rings. The molecular weight excluding hydrogens is 178 g/mol. The number of rotatable bonds is 6. The summed E-state index contributed by atoms with van der Waals surface area (Å²) in [4.78, 5) is 11.5. The molecule has 2 N–H and O–H groups in total. The Morgan fingerprint density at radius 2 is 2.07 bits per heavy atom. The molecule has 1 rings (SSSR count). The SMILES string of the molecule is CC(C)(NC(=O)CCCCO)C1CC1. The van der Waals surface area contributed by atoms with Crippen molar-refractivity contribution in [1.29, 1.82) is 0 Å². The van der Waals surface area contributed by atoms with Gasteiger partial charge in [-0.2, -0.15) is 0 Å². The van der Waals surface area contributed by atoms with E-state index in [1.807, 2.05) is 0 Å². The Labute approximate surface area is 85.9 Å². The molecule has 0 atom stereocenters. The van der Waals surface area contributed by atoms with Crippen LogP contribution in [0, 0.1) is 5.92 Å². The molecule has 14 heavy (non-hydrogen) atoms. The van der Waals surface area contributed by atoms with Gasteiger partial charge in [-0.1, -0.05) is 0 Å². The average Bonchev–Trinajstić information content (AvgIpc) is 2.85. The van der Waals surface area contributed by atoms with E-state index in [0.29, 0.717) is 12.3 Å².